The molecule has 0 aliphatic rings. The number of ether oxygens (including phenoxy) is 2. The Bertz CT molecular complexity index is 632. The Morgan fingerprint density at radius 2 is 1.45 bits per heavy atom. The van der Waals surface area contributed by atoms with E-state index in [1.165, 1.54) is 0 Å². The normalized spacial score (nSPS) is 11.5. The first-order chi connectivity index (χ1) is 10.6. The van der Waals surface area contributed by atoms with Crippen molar-refractivity contribution >= 4 is 11.9 Å². The summed E-state index contributed by atoms with van der Waals surface area (Å²) in [7, 11) is 0. The van der Waals surface area contributed by atoms with Gasteiger partial charge in [0.1, 0.15) is 11.5 Å². The van der Waals surface area contributed by atoms with E-state index in [0.29, 0.717) is 17.1 Å². The van der Waals surface area contributed by atoms with E-state index in [-0.39, 0.29) is 11.9 Å². The SMILES string of the molecule is CCC(C)C(=O)Oc1ccc(OC(=O)c2ccccc2)cc1. The average Bonchev–Trinajstić information content (AvgIpc) is 2.56. The summed E-state index contributed by atoms with van der Waals surface area (Å²) in [6, 6.07) is 15.1. The molecule has 2 rings (SSSR count). The summed E-state index contributed by atoms with van der Waals surface area (Å²) in [6.45, 7) is 3.75. The van der Waals surface area contributed by atoms with Crippen LogP contribution in [-0.4, -0.2) is 11.9 Å². The maximum atomic E-state index is 11.9. The highest BCUT2D eigenvalue weighted by molar-refractivity contribution is 5.90. The largest absolute Gasteiger partial charge is 0.426 e. The molecule has 2 aromatic carbocycles. The van der Waals surface area contributed by atoms with Crippen molar-refractivity contribution in [1.82, 2.24) is 0 Å². The monoisotopic (exact) mass is 298 g/mol. The zero-order valence-electron chi connectivity index (χ0n) is 12.6. The summed E-state index contributed by atoms with van der Waals surface area (Å²) in [5.41, 5.74) is 0.481. The van der Waals surface area contributed by atoms with Gasteiger partial charge in [0.2, 0.25) is 0 Å². The fourth-order valence-electron chi connectivity index (χ4n) is 1.70. The first-order valence-corrected chi connectivity index (χ1v) is 7.19. The smallest absolute Gasteiger partial charge is 0.343 e. The Kier molecular flexibility index (Phi) is 5.31. The van der Waals surface area contributed by atoms with Gasteiger partial charge in [0, 0.05) is 0 Å². The van der Waals surface area contributed by atoms with Crippen LogP contribution in [0, 0.1) is 5.92 Å². The van der Waals surface area contributed by atoms with Crippen LogP contribution in [0.15, 0.2) is 54.6 Å². The molecule has 4 heteroatoms. The van der Waals surface area contributed by atoms with Gasteiger partial charge in [-0.15, -0.1) is 0 Å². The van der Waals surface area contributed by atoms with E-state index >= 15 is 0 Å². The standard InChI is InChI=1S/C18H18O4/c1-3-13(2)17(19)21-15-9-11-16(12-10-15)22-18(20)14-7-5-4-6-8-14/h4-13H,3H2,1-2H3. The lowest BCUT2D eigenvalue weighted by Gasteiger charge is -2.09. The fraction of sp³-hybridized carbons (Fsp3) is 0.222. The van der Waals surface area contributed by atoms with Gasteiger partial charge in [0.05, 0.1) is 11.5 Å². The van der Waals surface area contributed by atoms with Crippen LogP contribution >= 0.6 is 0 Å². The molecule has 1 unspecified atom stereocenters. The van der Waals surface area contributed by atoms with Crippen molar-refractivity contribution in [3.63, 3.8) is 0 Å². The van der Waals surface area contributed by atoms with Gasteiger partial charge in [-0.25, -0.2) is 4.79 Å². The van der Waals surface area contributed by atoms with Crippen LogP contribution in [0.3, 0.4) is 0 Å². The van der Waals surface area contributed by atoms with Crippen molar-refractivity contribution < 1.29 is 19.1 Å². The number of hydrogen-bond acceptors (Lipinski definition) is 4. The van der Waals surface area contributed by atoms with Gasteiger partial charge in [0.15, 0.2) is 0 Å². The molecular weight excluding hydrogens is 280 g/mol. The molecule has 2 aromatic rings. The average molecular weight is 298 g/mol. The Morgan fingerprint density at radius 1 is 0.909 bits per heavy atom. The summed E-state index contributed by atoms with van der Waals surface area (Å²) < 4.78 is 10.5. The van der Waals surface area contributed by atoms with Gasteiger partial charge in [0.25, 0.3) is 0 Å². The predicted molar refractivity (Wildman–Crippen MR) is 82.9 cm³/mol. The van der Waals surface area contributed by atoms with Gasteiger partial charge in [-0.05, 0) is 42.8 Å². The number of carbonyl (C=O) groups is 2. The van der Waals surface area contributed by atoms with E-state index in [1.54, 1.807) is 48.5 Å². The number of carbonyl (C=O) groups excluding carboxylic acids is 2. The minimum Gasteiger partial charge on any atom is -0.426 e. The summed E-state index contributed by atoms with van der Waals surface area (Å²) in [5, 5.41) is 0. The van der Waals surface area contributed by atoms with E-state index in [2.05, 4.69) is 0 Å². The quantitative estimate of drug-likeness (QED) is 0.621. The highest BCUT2D eigenvalue weighted by Gasteiger charge is 2.13. The van der Waals surface area contributed by atoms with Crippen molar-refractivity contribution in [2.75, 3.05) is 0 Å². The summed E-state index contributed by atoms with van der Waals surface area (Å²) in [4.78, 5) is 23.6. The highest BCUT2D eigenvalue weighted by atomic mass is 16.5. The Hall–Kier alpha value is -2.62. The Labute approximate surface area is 129 Å². The molecule has 0 N–H and O–H groups in total. The number of esters is 2. The van der Waals surface area contributed by atoms with Crippen LogP contribution in [0.1, 0.15) is 30.6 Å². The Balaban J connectivity index is 1.97. The van der Waals surface area contributed by atoms with Gasteiger partial charge in [-0.2, -0.15) is 0 Å². The zero-order chi connectivity index (χ0) is 15.9. The molecule has 0 aliphatic carbocycles. The number of rotatable bonds is 5. The third-order valence-electron chi connectivity index (χ3n) is 3.28. The number of hydrogen-bond donors (Lipinski definition) is 0. The van der Waals surface area contributed by atoms with E-state index in [0.717, 1.165) is 6.42 Å². The van der Waals surface area contributed by atoms with E-state index < -0.39 is 5.97 Å². The van der Waals surface area contributed by atoms with Crippen molar-refractivity contribution in [2.45, 2.75) is 20.3 Å². The second-order valence-electron chi connectivity index (χ2n) is 4.96. The minimum atomic E-state index is -0.426. The molecule has 0 saturated heterocycles. The number of benzene rings is 2. The lowest BCUT2D eigenvalue weighted by atomic mass is 10.1. The van der Waals surface area contributed by atoms with Crippen LogP contribution in [-0.2, 0) is 4.79 Å². The van der Waals surface area contributed by atoms with E-state index in [4.69, 9.17) is 9.47 Å². The Morgan fingerprint density at radius 3 is 2.00 bits per heavy atom. The molecule has 0 fully saturated rings. The molecule has 1 atom stereocenters. The molecule has 0 heterocycles. The summed E-state index contributed by atoms with van der Waals surface area (Å²) >= 11 is 0. The maximum Gasteiger partial charge on any atom is 0.343 e. The van der Waals surface area contributed by atoms with Crippen LogP contribution in [0.4, 0.5) is 0 Å². The van der Waals surface area contributed by atoms with E-state index in [1.807, 2.05) is 19.9 Å². The second kappa shape index (κ2) is 7.41. The molecule has 114 valence electrons. The van der Waals surface area contributed by atoms with Crippen LogP contribution in [0.5, 0.6) is 11.5 Å². The molecule has 0 aromatic heterocycles. The minimum absolute atomic E-state index is 0.143. The molecular formula is C18H18O4. The fourth-order valence-corrected chi connectivity index (χ4v) is 1.70. The molecule has 4 nitrogen and oxygen atoms in total. The third kappa shape index (κ3) is 4.19. The van der Waals surface area contributed by atoms with Gasteiger partial charge >= 0.3 is 11.9 Å². The molecule has 0 bridgehead atoms. The molecule has 0 amide bonds. The summed E-state index contributed by atoms with van der Waals surface area (Å²) in [6.07, 6.45) is 0.728. The topological polar surface area (TPSA) is 52.6 Å². The predicted octanol–water partition coefficient (Wildman–Crippen LogP) is 3.86. The first kappa shape index (κ1) is 15.8. The lowest BCUT2D eigenvalue weighted by Crippen LogP contribution is -2.16. The van der Waals surface area contributed by atoms with Crippen LogP contribution in [0.25, 0.3) is 0 Å². The highest BCUT2D eigenvalue weighted by Crippen LogP contribution is 2.20. The van der Waals surface area contributed by atoms with Gasteiger partial charge in [-0.1, -0.05) is 32.0 Å². The molecule has 22 heavy (non-hydrogen) atoms. The van der Waals surface area contributed by atoms with E-state index in [9.17, 15) is 9.59 Å². The first-order valence-electron chi connectivity index (χ1n) is 7.19. The maximum absolute atomic E-state index is 11.9. The van der Waals surface area contributed by atoms with Gasteiger partial charge < -0.3 is 9.47 Å². The molecule has 0 saturated carbocycles. The zero-order valence-corrected chi connectivity index (χ0v) is 12.6. The van der Waals surface area contributed by atoms with Crippen molar-refractivity contribution in [1.29, 1.82) is 0 Å². The van der Waals surface area contributed by atoms with Crippen molar-refractivity contribution in [2.24, 2.45) is 5.92 Å². The van der Waals surface area contributed by atoms with Crippen molar-refractivity contribution in [3.05, 3.63) is 60.2 Å². The van der Waals surface area contributed by atoms with Crippen LogP contribution in [0.2, 0.25) is 0 Å². The molecule has 0 spiro atoms. The second-order valence-corrected chi connectivity index (χ2v) is 4.96. The summed E-state index contributed by atoms with van der Waals surface area (Å²) in [5.74, 6) is -0.000864. The molecule has 0 radical (unpaired) electrons. The van der Waals surface area contributed by atoms with Crippen LogP contribution < -0.4 is 9.47 Å². The van der Waals surface area contributed by atoms with Gasteiger partial charge in [-0.3, -0.25) is 4.79 Å². The third-order valence-corrected chi connectivity index (χ3v) is 3.28. The van der Waals surface area contributed by atoms with Crippen molar-refractivity contribution in [3.8, 4) is 11.5 Å². The molecule has 0 aliphatic heterocycles. The lowest BCUT2D eigenvalue weighted by molar-refractivity contribution is -0.138.